The first-order valence-electron chi connectivity index (χ1n) is 5.93. The molecule has 14 heavy (non-hydrogen) atoms. The molecular formula is C12H27NO. The molecule has 0 saturated heterocycles. The minimum Gasteiger partial charge on any atom is -0.377 e. The first kappa shape index (κ1) is 13.9. The molecule has 0 spiro atoms. The number of hydrogen-bond acceptors (Lipinski definition) is 2. The lowest BCUT2D eigenvalue weighted by molar-refractivity contribution is -0.0311. The zero-order valence-corrected chi connectivity index (χ0v) is 10.5. The first-order valence-corrected chi connectivity index (χ1v) is 5.93. The fourth-order valence-corrected chi connectivity index (χ4v) is 1.76. The molecule has 0 aromatic heterocycles. The molecule has 0 amide bonds. The summed E-state index contributed by atoms with van der Waals surface area (Å²) in [6, 6.07) is 0.488. The van der Waals surface area contributed by atoms with Gasteiger partial charge in [0, 0.05) is 13.2 Å². The second-order valence-corrected chi connectivity index (χ2v) is 4.17. The molecule has 86 valence electrons. The van der Waals surface area contributed by atoms with Crippen LogP contribution in [0.4, 0.5) is 0 Å². The zero-order valence-electron chi connectivity index (χ0n) is 10.5. The Hall–Kier alpha value is -0.0800. The van der Waals surface area contributed by atoms with E-state index in [1.165, 1.54) is 19.3 Å². The highest BCUT2D eigenvalue weighted by atomic mass is 16.5. The van der Waals surface area contributed by atoms with E-state index in [4.69, 9.17) is 4.74 Å². The van der Waals surface area contributed by atoms with Crippen LogP contribution in [0.5, 0.6) is 0 Å². The minimum atomic E-state index is -0.00875. The van der Waals surface area contributed by atoms with Crippen molar-refractivity contribution >= 4 is 0 Å². The van der Waals surface area contributed by atoms with Gasteiger partial charge in [-0.15, -0.1) is 0 Å². The van der Waals surface area contributed by atoms with Gasteiger partial charge in [-0.3, -0.25) is 0 Å². The highest BCUT2D eigenvalue weighted by Gasteiger charge is 2.30. The quantitative estimate of drug-likeness (QED) is 0.652. The molecule has 0 rings (SSSR count). The average molecular weight is 201 g/mol. The maximum atomic E-state index is 5.64. The van der Waals surface area contributed by atoms with Gasteiger partial charge in [0.2, 0.25) is 0 Å². The van der Waals surface area contributed by atoms with Crippen molar-refractivity contribution < 1.29 is 4.74 Å². The second kappa shape index (κ2) is 7.24. The maximum Gasteiger partial charge on any atom is 0.0800 e. The van der Waals surface area contributed by atoms with Crippen LogP contribution < -0.4 is 5.32 Å². The highest BCUT2D eigenvalue weighted by molar-refractivity contribution is 4.87. The fourth-order valence-electron chi connectivity index (χ4n) is 1.76. The monoisotopic (exact) mass is 201 g/mol. The lowest BCUT2D eigenvalue weighted by atomic mass is 9.90. The van der Waals surface area contributed by atoms with Crippen LogP contribution in [-0.2, 0) is 4.74 Å². The van der Waals surface area contributed by atoms with Gasteiger partial charge in [-0.25, -0.2) is 0 Å². The maximum absolute atomic E-state index is 5.64. The molecule has 0 aromatic rings. The van der Waals surface area contributed by atoms with Crippen LogP contribution in [0.25, 0.3) is 0 Å². The van der Waals surface area contributed by atoms with Crippen molar-refractivity contribution in [2.24, 2.45) is 0 Å². The van der Waals surface area contributed by atoms with Crippen LogP contribution in [0.2, 0.25) is 0 Å². The van der Waals surface area contributed by atoms with Gasteiger partial charge >= 0.3 is 0 Å². The standard InChI is InChI=1S/C12H27NO/c1-6-9-11(13-10-7-2)12(4,8-3)14-5/h11,13H,6-10H2,1-5H3. The van der Waals surface area contributed by atoms with Crippen molar-refractivity contribution in [3.8, 4) is 0 Å². The van der Waals surface area contributed by atoms with E-state index in [2.05, 4.69) is 33.0 Å². The Bertz CT molecular complexity index is 132. The van der Waals surface area contributed by atoms with E-state index in [0.717, 1.165) is 13.0 Å². The summed E-state index contributed by atoms with van der Waals surface area (Å²) in [5, 5.41) is 3.59. The SMILES string of the molecule is CCCNC(CCC)C(C)(CC)OC. The summed E-state index contributed by atoms with van der Waals surface area (Å²) in [5.74, 6) is 0. The molecule has 1 N–H and O–H groups in total. The van der Waals surface area contributed by atoms with E-state index < -0.39 is 0 Å². The van der Waals surface area contributed by atoms with Gasteiger partial charge in [-0.05, 0) is 32.7 Å². The molecule has 2 unspecified atom stereocenters. The molecule has 0 aliphatic rings. The van der Waals surface area contributed by atoms with E-state index in [9.17, 15) is 0 Å². The van der Waals surface area contributed by atoms with E-state index in [0.29, 0.717) is 6.04 Å². The van der Waals surface area contributed by atoms with Crippen molar-refractivity contribution in [1.82, 2.24) is 5.32 Å². The normalized spacial score (nSPS) is 17.8. The fraction of sp³-hybridized carbons (Fsp3) is 1.00. The van der Waals surface area contributed by atoms with Crippen LogP contribution in [0, 0.1) is 0 Å². The Labute approximate surface area is 89.4 Å². The average Bonchev–Trinajstić information content (AvgIpc) is 2.23. The Morgan fingerprint density at radius 1 is 1.21 bits per heavy atom. The van der Waals surface area contributed by atoms with Gasteiger partial charge < -0.3 is 10.1 Å². The second-order valence-electron chi connectivity index (χ2n) is 4.17. The van der Waals surface area contributed by atoms with Crippen LogP contribution in [0.1, 0.15) is 53.4 Å². The molecule has 0 heterocycles. The largest absolute Gasteiger partial charge is 0.377 e. The molecular weight excluding hydrogens is 174 g/mol. The molecule has 0 bridgehead atoms. The minimum absolute atomic E-state index is 0.00875. The van der Waals surface area contributed by atoms with Gasteiger partial charge in [-0.2, -0.15) is 0 Å². The molecule has 0 fully saturated rings. The van der Waals surface area contributed by atoms with Crippen molar-refractivity contribution in [2.45, 2.75) is 65.0 Å². The van der Waals surface area contributed by atoms with Crippen LogP contribution in [-0.4, -0.2) is 25.3 Å². The number of hydrogen-bond donors (Lipinski definition) is 1. The third-order valence-corrected chi connectivity index (χ3v) is 3.12. The van der Waals surface area contributed by atoms with Gasteiger partial charge in [-0.1, -0.05) is 27.2 Å². The van der Waals surface area contributed by atoms with Crippen molar-refractivity contribution in [2.75, 3.05) is 13.7 Å². The van der Waals surface area contributed by atoms with Gasteiger partial charge in [0.1, 0.15) is 0 Å². The predicted octanol–water partition coefficient (Wildman–Crippen LogP) is 2.97. The van der Waals surface area contributed by atoms with E-state index in [1.807, 2.05) is 7.11 Å². The third kappa shape index (κ3) is 3.97. The van der Waals surface area contributed by atoms with Gasteiger partial charge in [0.25, 0.3) is 0 Å². The summed E-state index contributed by atoms with van der Waals surface area (Å²) >= 11 is 0. The summed E-state index contributed by atoms with van der Waals surface area (Å²) in [4.78, 5) is 0. The number of methoxy groups -OCH3 is 1. The molecule has 0 aliphatic carbocycles. The summed E-state index contributed by atoms with van der Waals surface area (Å²) in [5.41, 5.74) is -0.00875. The number of nitrogens with one attached hydrogen (secondary N) is 1. The van der Waals surface area contributed by atoms with Crippen molar-refractivity contribution in [3.05, 3.63) is 0 Å². The summed E-state index contributed by atoms with van der Waals surface area (Å²) < 4.78 is 5.64. The number of rotatable bonds is 8. The topological polar surface area (TPSA) is 21.3 Å². The molecule has 2 heteroatoms. The molecule has 2 atom stereocenters. The predicted molar refractivity (Wildman–Crippen MR) is 62.7 cm³/mol. The van der Waals surface area contributed by atoms with Crippen molar-refractivity contribution in [1.29, 1.82) is 0 Å². The van der Waals surface area contributed by atoms with E-state index >= 15 is 0 Å². The Kier molecular flexibility index (Phi) is 7.20. The highest BCUT2D eigenvalue weighted by Crippen LogP contribution is 2.22. The van der Waals surface area contributed by atoms with Crippen LogP contribution in [0.15, 0.2) is 0 Å². The van der Waals surface area contributed by atoms with Crippen molar-refractivity contribution in [3.63, 3.8) is 0 Å². The number of ether oxygens (including phenoxy) is 1. The first-order chi connectivity index (χ1) is 6.64. The summed E-state index contributed by atoms with van der Waals surface area (Å²) in [7, 11) is 1.82. The lowest BCUT2D eigenvalue weighted by Crippen LogP contribution is -2.49. The third-order valence-electron chi connectivity index (χ3n) is 3.12. The molecule has 0 aromatic carbocycles. The van der Waals surface area contributed by atoms with E-state index in [-0.39, 0.29) is 5.60 Å². The van der Waals surface area contributed by atoms with Gasteiger partial charge in [0.05, 0.1) is 5.60 Å². The zero-order chi connectivity index (χ0) is 11.0. The Balaban J connectivity index is 4.27. The smallest absolute Gasteiger partial charge is 0.0800 e. The molecule has 0 radical (unpaired) electrons. The van der Waals surface area contributed by atoms with Crippen LogP contribution in [0.3, 0.4) is 0 Å². The Morgan fingerprint density at radius 3 is 2.21 bits per heavy atom. The molecule has 0 saturated carbocycles. The molecule has 0 aliphatic heterocycles. The van der Waals surface area contributed by atoms with E-state index in [1.54, 1.807) is 0 Å². The summed E-state index contributed by atoms with van der Waals surface area (Å²) in [6.07, 6.45) is 4.65. The lowest BCUT2D eigenvalue weighted by Gasteiger charge is -2.36. The molecule has 2 nitrogen and oxygen atoms in total. The van der Waals surface area contributed by atoms with Gasteiger partial charge in [0.15, 0.2) is 0 Å². The summed E-state index contributed by atoms with van der Waals surface area (Å²) in [6.45, 7) is 9.91. The Morgan fingerprint density at radius 2 is 1.86 bits per heavy atom. The van der Waals surface area contributed by atoms with Crippen LogP contribution >= 0.6 is 0 Å².